The van der Waals surface area contributed by atoms with E-state index in [1.54, 1.807) is 11.8 Å². The summed E-state index contributed by atoms with van der Waals surface area (Å²) in [6.45, 7) is 7.07. The number of aromatic nitrogens is 1. The lowest BCUT2D eigenvalue weighted by molar-refractivity contribution is -0.139. The van der Waals surface area contributed by atoms with Gasteiger partial charge in [0.25, 0.3) is 11.5 Å². The highest BCUT2D eigenvalue weighted by Crippen LogP contribution is 2.30. The minimum atomic E-state index is -0.495. The van der Waals surface area contributed by atoms with Gasteiger partial charge in [0.15, 0.2) is 0 Å². The van der Waals surface area contributed by atoms with Gasteiger partial charge in [-0.2, -0.15) is 5.26 Å². The molecule has 0 unspecified atom stereocenters. The predicted octanol–water partition coefficient (Wildman–Crippen LogP) is 1.58. The Morgan fingerprint density at radius 3 is 2.74 bits per heavy atom. The van der Waals surface area contributed by atoms with E-state index in [9.17, 15) is 14.4 Å². The molecule has 1 aromatic heterocycles. The number of carbonyl (C=O) groups excluding carboxylic acids is 2. The molecule has 2 bridgehead atoms. The largest absolute Gasteiger partial charge is 0.336 e. The van der Waals surface area contributed by atoms with Gasteiger partial charge in [-0.3, -0.25) is 14.4 Å². The fourth-order valence-corrected chi connectivity index (χ4v) is 3.83. The SMILES string of the molecule is CC(C)=CCN1C(=O)[C@H]2CC[C@@H]1CN(C(=O)c1cc(C#N)c(=O)[nH]c1C)C2. The van der Waals surface area contributed by atoms with Crippen LogP contribution in [0.4, 0.5) is 0 Å². The molecule has 3 fully saturated rings. The Balaban J connectivity index is 1.88. The molecule has 2 atom stereocenters. The third-order valence-corrected chi connectivity index (χ3v) is 5.37. The van der Waals surface area contributed by atoms with Gasteiger partial charge in [0.05, 0.1) is 11.5 Å². The molecule has 142 valence electrons. The summed E-state index contributed by atoms with van der Waals surface area (Å²) in [6.07, 6.45) is 3.70. The number of aromatic amines is 1. The first-order valence-electron chi connectivity index (χ1n) is 9.19. The lowest BCUT2D eigenvalue weighted by Gasteiger charge is -2.35. The highest BCUT2D eigenvalue weighted by Gasteiger charge is 2.41. The first kappa shape index (κ1) is 18.9. The zero-order chi connectivity index (χ0) is 19.7. The third kappa shape index (κ3) is 3.65. The number of fused-ring (bicyclic) bond motifs is 4. The second kappa shape index (κ2) is 7.39. The molecule has 0 aliphatic carbocycles. The first-order valence-corrected chi connectivity index (χ1v) is 9.19. The molecule has 4 rings (SSSR count). The van der Waals surface area contributed by atoms with Crippen LogP contribution in [0.3, 0.4) is 0 Å². The Labute approximate surface area is 158 Å². The zero-order valence-electron chi connectivity index (χ0n) is 15.9. The van der Waals surface area contributed by atoms with Crippen LogP contribution in [0.25, 0.3) is 0 Å². The van der Waals surface area contributed by atoms with Crippen LogP contribution >= 0.6 is 0 Å². The third-order valence-electron chi connectivity index (χ3n) is 5.37. The molecule has 27 heavy (non-hydrogen) atoms. The van der Waals surface area contributed by atoms with Gasteiger partial charge in [-0.15, -0.1) is 0 Å². The fourth-order valence-electron chi connectivity index (χ4n) is 3.83. The van der Waals surface area contributed by atoms with Crippen LogP contribution in [0.15, 0.2) is 22.5 Å². The Hall–Kier alpha value is -2.88. The maximum absolute atomic E-state index is 13.1. The van der Waals surface area contributed by atoms with Gasteiger partial charge in [0.2, 0.25) is 5.91 Å². The molecule has 3 saturated heterocycles. The molecule has 3 aliphatic rings. The molecule has 0 radical (unpaired) electrons. The lowest BCUT2D eigenvalue weighted by Crippen LogP contribution is -2.48. The van der Waals surface area contributed by atoms with Crippen LogP contribution in [0.5, 0.6) is 0 Å². The Morgan fingerprint density at radius 1 is 1.33 bits per heavy atom. The summed E-state index contributed by atoms with van der Waals surface area (Å²) in [6, 6.07) is 3.17. The first-order chi connectivity index (χ1) is 12.8. The van der Waals surface area contributed by atoms with Crippen LogP contribution in [-0.4, -0.2) is 52.3 Å². The van der Waals surface area contributed by atoms with Crippen molar-refractivity contribution in [3.05, 3.63) is 44.9 Å². The average Bonchev–Trinajstić information content (AvgIpc) is 2.91. The van der Waals surface area contributed by atoms with Gasteiger partial charge in [-0.25, -0.2) is 0 Å². The van der Waals surface area contributed by atoms with E-state index in [1.807, 2.05) is 30.9 Å². The van der Waals surface area contributed by atoms with Gasteiger partial charge in [-0.05, 0) is 39.7 Å². The van der Waals surface area contributed by atoms with Crippen molar-refractivity contribution in [2.45, 2.75) is 39.7 Å². The summed E-state index contributed by atoms with van der Waals surface area (Å²) >= 11 is 0. The molecule has 0 spiro atoms. The van der Waals surface area contributed by atoms with Gasteiger partial charge in [-0.1, -0.05) is 11.6 Å². The maximum Gasteiger partial charge on any atom is 0.266 e. The summed E-state index contributed by atoms with van der Waals surface area (Å²) in [7, 11) is 0. The Morgan fingerprint density at radius 2 is 2.07 bits per heavy atom. The van der Waals surface area contributed by atoms with Crippen LogP contribution in [-0.2, 0) is 4.79 Å². The zero-order valence-corrected chi connectivity index (χ0v) is 15.9. The molecule has 0 aromatic carbocycles. The minimum Gasteiger partial charge on any atom is -0.336 e. The number of carbonyl (C=O) groups is 2. The van der Waals surface area contributed by atoms with Crippen molar-refractivity contribution < 1.29 is 9.59 Å². The van der Waals surface area contributed by atoms with Crippen molar-refractivity contribution in [1.82, 2.24) is 14.8 Å². The molecule has 1 N–H and O–H groups in total. The van der Waals surface area contributed by atoms with Gasteiger partial charge in [0, 0.05) is 31.4 Å². The summed E-state index contributed by atoms with van der Waals surface area (Å²) in [5.41, 5.74) is 1.33. The van der Waals surface area contributed by atoms with Gasteiger partial charge < -0.3 is 14.8 Å². The van der Waals surface area contributed by atoms with E-state index >= 15 is 0 Å². The predicted molar refractivity (Wildman–Crippen MR) is 100 cm³/mol. The van der Waals surface area contributed by atoms with E-state index < -0.39 is 5.56 Å². The summed E-state index contributed by atoms with van der Waals surface area (Å²) in [4.78, 5) is 43.8. The van der Waals surface area contributed by atoms with Gasteiger partial charge in [0.1, 0.15) is 11.6 Å². The van der Waals surface area contributed by atoms with Crippen LogP contribution < -0.4 is 5.56 Å². The smallest absolute Gasteiger partial charge is 0.266 e. The number of piperidine rings is 1. The molecule has 7 nitrogen and oxygen atoms in total. The standard InChI is InChI=1S/C20H24N4O3/c1-12(2)6-7-24-16-5-4-14(19(24)26)10-23(11-16)20(27)17-8-15(9-21)18(25)22-13(17)3/h6,8,14,16H,4-5,7,10-11H2,1-3H3,(H,22,25)/t14-,16+/m0/s1. The second-order valence-electron chi connectivity index (χ2n) is 7.57. The monoisotopic (exact) mass is 368 g/mol. The molecule has 4 heterocycles. The highest BCUT2D eigenvalue weighted by molar-refractivity contribution is 5.96. The van der Waals surface area contributed by atoms with E-state index in [4.69, 9.17) is 5.26 Å². The Kier molecular flexibility index (Phi) is 5.17. The molecule has 3 aliphatic heterocycles. The normalized spacial score (nSPS) is 21.6. The second-order valence-corrected chi connectivity index (χ2v) is 7.57. The van der Waals surface area contributed by atoms with Crippen molar-refractivity contribution in [2.24, 2.45) is 5.92 Å². The van der Waals surface area contributed by atoms with Crippen LogP contribution in [0, 0.1) is 24.2 Å². The number of hydrogen-bond acceptors (Lipinski definition) is 4. The topological polar surface area (TPSA) is 97.3 Å². The fraction of sp³-hybridized carbons (Fsp3) is 0.500. The van der Waals surface area contributed by atoms with Crippen molar-refractivity contribution in [3.8, 4) is 6.07 Å². The quantitative estimate of drug-likeness (QED) is 0.819. The van der Waals surface area contributed by atoms with Crippen molar-refractivity contribution in [1.29, 1.82) is 5.26 Å². The van der Waals surface area contributed by atoms with Gasteiger partial charge >= 0.3 is 0 Å². The van der Waals surface area contributed by atoms with E-state index in [2.05, 4.69) is 4.98 Å². The van der Waals surface area contributed by atoms with Crippen molar-refractivity contribution in [3.63, 3.8) is 0 Å². The number of amides is 2. The van der Waals surface area contributed by atoms with Crippen molar-refractivity contribution >= 4 is 11.8 Å². The number of aryl methyl sites for hydroxylation is 1. The highest BCUT2D eigenvalue weighted by atomic mass is 16.2. The van der Waals surface area contributed by atoms with E-state index in [0.717, 1.165) is 18.4 Å². The molecule has 7 heteroatoms. The Bertz CT molecular complexity index is 905. The molecular formula is C20H24N4O3. The molecule has 2 amide bonds. The lowest BCUT2D eigenvalue weighted by atomic mass is 9.94. The van der Waals surface area contributed by atoms with Crippen molar-refractivity contribution in [2.75, 3.05) is 19.6 Å². The van der Waals surface area contributed by atoms with Crippen LogP contribution in [0.2, 0.25) is 0 Å². The van der Waals surface area contributed by atoms with E-state index in [-0.39, 0.29) is 29.3 Å². The number of nitriles is 1. The number of allylic oxidation sites excluding steroid dienone is 1. The number of pyridine rings is 1. The molecule has 0 saturated carbocycles. The average molecular weight is 368 g/mol. The molecular weight excluding hydrogens is 344 g/mol. The summed E-state index contributed by atoms with van der Waals surface area (Å²) in [5.74, 6) is -0.333. The minimum absolute atomic E-state index is 0.00527. The van der Waals surface area contributed by atoms with E-state index in [0.29, 0.717) is 30.9 Å². The number of nitrogens with zero attached hydrogens (tertiary/aromatic N) is 3. The summed E-state index contributed by atoms with van der Waals surface area (Å²) in [5, 5.41) is 9.09. The van der Waals surface area contributed by atoms with E-state index in [1.165, 1.54) is 6.07 Å². The number of nitrogens with one attached hydrogen (secondary N) is 1. The number of hydrogen-bond donors (Lipinski definition) is 1. The summed E-state index contributed by atoms with van der Waals surface area (Å²) < 4.78 is 0. The maximum atomic E-state index is 13.1. The molecule has 1 aromatic rings. The number of rotatable bonds is 3. The number of H-pyrrole nitrogens is 1. The van der Waals surface area contributed by atoms with Crippen LogP contribution in [0.1, 0.15) is 48.3 Å².